The van der Waals surface area contributed by atoms with Crippen molar-refractivity contribution in [1.82, 2.24) is 29.7 Å². The monoisotopic (exact) mass is 459 g/mol. The highest BCUT2D eigenvalue weighted by molar-refractivity contribution is 5.85. The van der Waals surface area contributed by atoms with Crippen molar-refractivity contribution in [3.05, 3.63) is 53.3 Å². The van der Waals surface area contributed by atoms with Gasteiger partial charge in [0.25, 0.3) is 0 Å². The van der Waals surface area contributed by atoms with Gasteiger partial charge in [-0.2, -0.15) is 0 Å². The Kier molecular flexibility index (Phi) is 6.63. The molecule has 0 spiro atoms. The number of nitrogen functional groups attached to an aromatic ring is 1. The number of nitrogens with zero attached hydrogens (tertiary/aromatic N) is 6. The van der Waals surface area contributed by atoms with Crippen LogP contribution in [0, 0.1) is 11.8 Å². The van der Waals surface area contributed by atoms with E-state index in [1.54, 1.807) is 13.8 Å². The van der Waals surface area contributed by atoms with Gasteiger partial charge in [0.05, 0.1) is 11.2 Å². The summed E-state index contributed by atoms with van der Waals surface area (Å²) in [6.07, 6.45) is 0.945. The molecule has 0 aliphatic rings. The normalized spacial score (nSPS) is 11.7. The van der Waals surface area contributed by atoms with Crippen LogP contribution in [0.15, 0.2) is 41.0 Å². The Morgan fingerprint density at radius 2 is 1.94 bits per heavy atom. The quantitative estimate of drug-likeness (QED) is 0.405. The number of benzene rings is 1. The number of fused-ring (bicyclic) bond motifs is 1. The van der Waals surface area contributed by atoms with Gasteiger partial charge < -0.3 is 20.3 Å². The maximum absolute atomic E-state index is 10.2. The van der Waals surface area contributed by atoms with E-state index in [9.17, 15) is 5.11 Å². The Labute approximate surface area is 198 Å². The average molecular weight is 460 g/mol. The Bertz CT molecular complexity index is 1340. The lowest BCUT2D eigenvalue weighted by molar-refractivity contribution is 0.143. The molecule has 0 saturated heterocycles. The van der Waals surface area contributed by atoms with Gasteiger partial charge >= 0.3 is 0 Å². The molecule has 0 unspecified atom stereocenters. The van der Waals surface area contributed by atoms with Gasteiger partial charge in [-0.05, 0) is 62.1 Å². The number of aromatic nitrogens is 5. The average Bonchev–Trinajstić information content (AvgIpc) is 3.39. The van der Waals surface area contributed by atoms with E-state index in [0.717, 1.165) is 24.2 Å². The molecule has 0 bridgehead atoms. The Morgan fingerprint density at radius 3 is 2.59 bits per heavy atom. The molecule has 3 aromatic heterocycles. The zero-order valence-corrected chi connectivity index (χ0v) is 19.9. The van der Waals surface area contributed by atoms with Gasteiger partial charge in [0.1, 0.15) is 16.8 Å². The summed E-state index contributed by atoms with van der Waals surface area (Å²) in [7, 11) is 2.07. The van der Waals surface area contributed by atoms with Crippen LogP contribution in [0.3, 0.4) is 0 Å². The highest BCUT2D eigenvalue weighted by Crippen LogP contribution is 2.28. The predicted octanol–water partition coefficient (Wildman–Crippen LogP) is 2.88. The second kappa shape index (κ2) is 9.63. The van der Waals surface area contributed by atoms with Gasteiger partial charge in [-0.3, -0.25) is 0 Å². The van der Waals surface area contributed by atoms with Gasteiger partial charge in [0.2, 0.25) is 0 Å². The Hall–Kier alpha value is -3.74. The van der Waals surface area contributed by atoms with E-state index < -0.39 is 5.60 Å². The first-order valence-electron chi connectivity index (χ1n) is 11.2. The lowest BCUT2D eigenvalue weighted by atomic mass is 10.1. The van der Waals surface area contributed by atoms with Gasteiger partial charge in [-0.25, -0.2) is 14.6 Å². The smallest absolute Gasteiger partial charge is 0.199 e. The molecule has 0 saturated carbocycles. The summed E-state index contributed by atoms with van der Waals surface area (Å²) < 4.78 is 6.79. The zero-order chi connectivity index (χ0) is 24.3. The zero-order valence-electron chi connectivity index (χ0n) is 19.9. The summed E-state index contributed by atoms with van der Waals surface area (Å²) in [4.78, 5) is 11.8. The second-order valence-electron chi connectivity index (χ2n) is 8.79. The fourth-order valence-electron chi connectivity index (χ4n) is 3.72. The van der Waals surface area contributed by atoms with Crippen molar-refractivity contribution in [3.63, 3.8) is 0 Å². The van der Waals surface area contributed by atoms with E-state index in [2.05, 4.69) is 58.4 Å². The van der Waals surface area contributed by atoms with E-state index in [1.807, 2.05) is 23.6 Å². The summed E-state index contributed by atoms with van der Waals surface area (Å²) in [5.74, 6) is 6.60. The van der Waals surface area contributed by atoms with Crippen molar-refractivity contribution in [2.75, 3.05) is 19.3 Å². The highest BCUT2D eigenvalue weighted by Gasteiger charge is 2.21. The Balaban J connectivity index is 1.73. The molecule has 0 amide bonds. The largest absolute Gasteiger partial charge is 0.379 e. The fraction of sp³-hybridized carbons (Fsp3) is 0.360. The van der Waals surface area contributed by atoms with E-state index in [0.29, 0.717) is 35.8 Å². The number of anilines is 1. The molecule has 0 radical (unpaired) electrons. The van der Waals surface area contributed by atoms with Crippen LogP contribution in [0.4, 0.5) is 5.82 Å². The molecule has 3 heterocycles. The van der Waals surface area contributed by atoms with Gasteiger partial charge in [-0.15, -0.1) is 0 Å². The van der Waals surface area contributed by atoms with Crippen LogP contribution in [-0.2, 0) is 19.5 Å². The van der Waals surface area contributed by atoms with Crippen molar-refractivity contribution in [3.8, 4) is 23.4 Å². The number of imidazole rings is 1. The summed E-state index contributed by atoms with van der Waals surface area (Å²) in [5.41, 5.74) is 9.29. The van der Waals surface area contributed by atoms with Crippen LogP contribution in [0.5, 0.6) is 0 Å². The summed E-state index contributed by atoms with van der Waals surface area (Å²) >= 11 is 0. The van der Waals surface area contributed by atoms with Crippen molar-refractivity contribution in [1.29, 1.82) is 0 Å². The number of hydrogen-bond acceptors (Lipinski definition) is 8. The molecular formula is C25H29N7O2. The first-order valence-corrected chi connectivity index (χ1v) is 11.2. The SMILES string of the molecule is CCn1c(-c2nonc2N)nc2c(C#CC(C)(C)O)nc(CN(C)CCc3ccccc3)cc21. The van der Waals surface area contributed by atoms with Crippen molar-refractivity contribution in [2.24, 2.45) is 0 Å². The molecular weight excluding hydrogens is 430 g/mol. The van der Waals surface area contributed by atoms with Gasteiger partial charge in [0.15, 0.2) is 17.3 Å². The topological polar surface area (TPSA) is 119 Å². The molecule has 176 valence electrons. The molecule has 0 atom stereocenters. The fourth-order valence-corrected chi connectivity index (χ4v) is 3.72. The van der Waals surface area contributed by atoms with E-state index in [1.165, 1.54) is 5.56 Å². The lowest BCUT2D eigenvalue weighted by Crippen LogP contribution is -2.21. The maximum Gasteiger partial charge on any atom is 0.199 e. The highest BCUT2D eigenvalue weighted by atomic mass is 16.6. The molecule has 0 aliphatic heterocycles. The number of pyridine rings is 1. The van der Waals surface area contributed by atoms with Crippen LogP contribution < -0.4 is 5.73 Å². The molecule has 4 rings (SSSR count). The number of nitrogens with two attached hydrogens (primary N) is 1. The number of aryl methyl sites for hydroxylation is 1. The minimum atomic E-state index is -1.16. The van der Waals surface area contributed by atoms with Gasteiger partial charge in [-0.1, -0.05) is 36.3 Å². The molecule has 9 nitrogen and oxygen atoms in total. The molecule has 34 heavy (non-hydrogen) atoms. The number of hydrogen-bond donors (Lipinski definition) is 2. The standard InChI is InChI=1S/C25H29N7O2/c1-5-32-20-15-18(16-31(4)14-12-17-9-7-6-8-10-17)27-19(11-13-25(2,3)33)21(20)28-24(32)22-23(26)30-34-29-22/h6-10,15,33H,5,12,14,16H2,1-4H3,(H2,26,30). The molecule has 9 heteroatoms. The molecule has 3 N–H and O–H groups in total. The van der Waals surface area contributed by atoms with Crippen LogP contribution in [0.1, 0.15) is 37.7 Å². The van der Waals surface area contributed by atoms with Crippen molar-refractivity contribution < 1.29 is 9.74 Å². The van der Waals surface area contributed by atoms with E-state index in [4.69, 9.17) is 20.3 Å². The third-order valence-electron chi connectivity index (χ3n) is 5.38. The number of aliphatic hydroxyl groups is 1. The minimum absolute atomic E-state index is 0.169. The third-order valence-corrected chi connectivity index (χ3v) is 5.38. The lowest BCUT2D eigenvalue weighted by Gasteiger charge is -2.17. The molecule has 0 aliphatic carbocycles. The van der Waals surface area contributed by atoms with Gasteiger partial charge in [0, 0.05) is 19.6 Å². The minimum Gasteiger partial charge on any atom is -0.379 e. The maximum atomic E-state index is 10.2. The first-order chi connectivity index (χ1) is 16.2. The molecule has 0 fully saturated rings. The van der Waals surface area contributed by atoms with Crippen molar-refractivity contribution in [2.45, 2.75) is 45.9 Å². The third kappa shape index (κ3) is 5.25. The van der Waals surface area contributed by atoms with E-state index in [-0.39, 0.29) is 5.82 Å². The molecule has 1 aromatic carbocycles. The summed E-state index contributed by atoms with van der Waals surface area (Å²) in [6.45, 7) is 7.44. The first kappa shape index (κ1) is 23.4. The molecule has 4 aromatic rings. The Morgan fingerprint density at radius 1 is 1.18 bits per heavy atom. The van der Waals surface area contributed by atoms with Crippen LogP contribution in [0.2, 0.25) is 0 Å². The number of rotatable bonds is 7. The van der Waals surface area contributed by atoms with Crippen molar-refractivity contribution >= 4 is 16.9 Å². The summed E-state index contributed by atoms with van der Waals surface area (Å²) in [5, 5.41) is 17.8. The number of likely N-dealkylation sites (N-methyl/N-ethyl adjacent to an activating group) is 1. The van der Waals surface area contributed by atoms with Crippen LogP contribution >= 0.6 is 0 Å². The second-order valence-corrected chi connectivity index (χ2v) is 8.79. The predicted molar refractivity (Wildman–Crippen MR) is 131 cm³/mol. The van der Waals surface area contributed by atoms with Crippen LogP contribution in [0.25, 0.3) is 22.6 Å². The van der Waals surface area contributed by atoms with E-state index >= 15 is 0 Å². The van der Waals surface area contributed by atoms with Crippen LogP contribution in [-0.4, -0.2) is 54.0 Å². The summed E-state index contributed by atoms with van der Waals surface area (Å²) in [6, 6.07) is 12.4.